The molecule has 238 valence electrons. The molecule has 0 spiro atoms. The van der Waals surface area contributed by atoms with Crippen molar-refractivity contribution in [2.75, 3.05) is 46.2 Å². The predicted molar refractivity (Wildman–Crippen MR) is 147 cm³/mol. The van der Waals surface area contributed by atoms with Crippen molar-refractivity contribution in [3.63, 3.8) is 0 Å². The molecule has 44 heavy (non-hydrogen) atoms. The minimum absolute atomic E-state index is 0.144. The summed E-state index contributed by atoms with van der Waals surface area (Å²) in [6.45, 7) is 1.48. The summed E-state index contributed by atoms with van der Waals surface area (Å²) in [5.41, 5.74) is 1.51. The van der Waals surface area contributed by atoms with Crippen LogP contribution >= 0.6 is 0 Å². The van der Waals surface area contributed by atoms with E-state index in [9.17, 15) is 31.1 Å². The number of ether oxygens (including phenoxy) is 3. The third-order valence-corrected chi connectivity index (χ3v) is 7.75. The Hall–Kier alpha value is -3.98. The van der Waals surface area contributed by atoms with Crippen LogP contribution in [0.15, 0.2) is 48.5 Å². The number of nitrogens with zero attached hydrogens (tertiary/aromatic N) is 3. The molecule has 9 nitrogen and oxygen atoms in total. The van der Waals surface area contributed by atoms with E-state index in [1.54, 1.807) is 30.1 Å². The van der Waals surface area contributed by atoms with Gasteiger partial charge in [0, 0.05) is 43.2 Å². The van der Waals surface area contributed by atoms with Crippen LogP contribution in [-0.4, -0.2) is 73.9 Å². The Morgan fingerprint density at radius 1 is 1.02 bits per heavy atom. The first-order valence-corrected chi connectivity index (χ1v) is 13.7. The first-order chi connectivity index (χ1) is 20.8. The number of esters is 1. The molecule has 2 N–H and O–H groups in total. The van der Waals surface area contributed by atoms with E-state index < -0.39 is 36.6 Å². The Morgan fingerprint density at radius 2 is 1.70 bits per heavy atom. The summed E-state index contributed by atoms with van der Waals surface area (Å²) in [7, 11) is 4.66. The topological polar surface area (TPSA) is 89.9 Å². The number of fused-ring (bicyclic) bond motifs is 1. The number of anilines is 1. The van der Waals surface area contributed by atoms with Gasteiger partial charge in [-0.05, 0) is 30.7 Å². The summed E-state index contributed by atoms with van der Waals surface area (Å²) in [5.74, 6) is -1.16. The molecule has 3 aromatic rings. The van der Waals surface area contributed by atoms with E-state index in [0.29, 0.717) is 42.3 Å². The maximum atomic E-state index is 14.2. The lowest BCUT2D eigenvalue weighted by molar-refractivity contribution is -0.218. The number of alkyl halides is 6. The normalized spacial score (nSPS) is 19.8. The molecule has 0 bridgehead atoms. The SMILES string of the molecule is CNCC1CN(C(OC(=O)C(F)(F)F)c2ccc(-c3cc4n(n3)C(C(F)(F)F)CC(c3ccc(OC)c(OC)c3)N4)cc2)C1. The van der Waals surface area contributed by atoms with Crippen LogP contribution in [0.3, 0.4) is 0 Å². The van der Waals surface area contributed by atoms with Crippen molar-refractivity contribution in [1.82, 2.24) is 20.0 Å². The van der Waals surface area contributed by atoms with Crippen LogP contribution < -0.4 is 20.1 Å². The number of aromatic nitrogens is 2. The van der Waals surface area contributed by atoms with E-state index in [-0.39, 0.29) is 29.4 Å². The van der Waals surface area contributed by atoms with Gasteiger partial charge in [0.05, 0.1) is 26.0 Å². The van der Waals surface area contributed by atoms with Gasteiger partial charge in [-0.3, -0.25) is 4.90 Å². The van der Waals surface area contributed by atoms with Gasteiger partial charge in [0.2, 0.25) is 0 Å². The number of hydrogen-bond acceptors (Lipinski definition) is 8. The van der Waals surface area contributed by atoms with Crippen molar-refractivity contribution in [2.45, 2.75) is 37.1 Å². The first-order valence-electron chi connectivity index (χ1n) is 13.7. The number of rotatable bonds is 9. The predicted octanol–water partition coefficient (Wildman–Crippen LogP) is 5.48. The van der Waals surface area contributed by atoms with E-state index in [1.165, 1.54) is 44.6 Å². The molecule has 0 saturated carbocycles. The van der Waals surface area contributed by atoms with Crippen LogP contribution in [0.5, 0.6) is 11.5 Å². The maximum absolute atomic E-state index is 14.2. The largest absolute Gasteiger partial charge is 0.493 e. The highest BCUT2D eigenvalue weighted by Gasteiger charge is 2.47. The highest BCUT2D eigenvalue weighted by Crippen LogP contribution is 2.45. The molecule has 5 rings (SSSR count). The molecule has 0 amide bonds. The average molecular weight is 628 g/mol. The van der Waals surface area contributed by atoms with Crippen LogP contribution in [0.1, 0.15) is 35.9 Å². The summed E-state index contributed by atoms with van der Waals surface area (Å²) in [6, 6.07) is 9.77. The third-order valence-electron chi connectivity index (χ3n) is 7.75. The number of carbonyl (C=O) groups is 1. The minimum atomic E-state index is -5.17. The fourth-order valence-electron chi connectivity index (χ4n) is 5.56. The lowest BCUT2D eigenvalue weighted by atomic mass is 9.96. The fraction of sp³-hybridized carbons (Fsp3) is 0.448. The molecule has 2 aromatic carbocycles. The number of likely N-dealkylation sites (tertiary alicyclic amines) is 1. The fourth-order valence-corrected chi connectivity index (χ4v) is 5.56. The molecule has 15 heteroatoms. The smallest absolute Gasteiger partial charge is 0.490 e. The number of methoxy groups -OCH3 is 2. The van der Waals surface area contributed by atoms with Crippen LogP contribution in [-0.2, 0) is 9.53 Å². The van der Waals surface area contributed by atoms with E-state index in [1.807, 2.05) is 0 Å². The molecule has 3 heterocycles. The molecule has 1 aromatic heterocycles. The summed E-state index contributed by atoms with van der Waals surface area (Å²) in [5, 5.41) is 10.4. The van der Waals surface area contributed by atoms with Crippen molar-refractivity contribution in [3.05, 3.63) is 59.7 Å². The zero-order chi connectivity index (χ0) is 31.8. The molecule has 3 atom stereocenters. The number of halogens is 6. The van der Waals surface area contributed by atoms with Gasteiger partial charge in [-0.15, -0.1) is 0 Å². The van der Waals surface area contributed by atoms with Crippen LogP contribution in [0, 0.1) is 5.92 Å². The lowest BCUT2D eigenvalue weighted by Gasteiger charge is -2.43. The summed E-state index contributed by atoms with van der Waals surface area (Å²) in [6.07, 6.45) is -11.4. The van der Waals surface area contributed by atoms with Gasteiger partial charge >= 0.3 is 18.3 Å². The molecule has 1 fully saturated rings. The quantitative estimate of drug-likeness (QED) is 0.238. The van der Waals surface area contributed by atoms with Gasteiger partial charge in [-0.2, -0.15) is 31.4 Å². The number of hydrogen-bond donors (Lipinski definition) is 2. The van der Waals surface area contributed by atoms with Gasteiger partial charge < -0.3 is 24.8 Å². The minimum Gasteiger partial charge on any atom is -0.493 e. The second kappa shape index (κ2) is 12.2. The van der Waals surface area contributed by atoms with E-state index in [0.717, 1.165) is 4.68 Å². The van der Waals surface area contributed by atoms with Crippen molar-refractivity contribution in [3.8, 4) is 22.8 Å². The number of carbonyl (C=O) groups excluding carboxylic acids is 1. The molecule has 2 aliphatic rings. The Morgan fingerprint density at radius 3 is 2.30 bits per heavy atom. The highest BCUT2D eigenvalue weighted by molar-refractivity contribution is 5.76. The van der Waals surface area contributed by atoms with Crippen LogP contribution in [0.25, 0.3) is 11.3 Å². The Labute approximate surface area is 249 Å². The van der Waals surface area contributed by atoms with Crippen LogP contribution in [0.4, 0.5) is 32.2 Å². The second-order valence-electron chi connectivity index (χ2n) is 10.7. The molecule has 1 saturated heterocycles. The van der Waals surface area contributed by atoms with Gasteiger partial charge in [0.1, 0.15) is 5.82 Å². The monoisotopic (exact) mass is 627 g/mol. The third kappa shape index (κ3) is 6.43. The van der Waals surface area contributed by atoms with Gasteiger partial charge in [0.25, 0.3) is 0 Å². The molecule has 3 unspecified atom stereocenters. The van der Waals surface area contributed by atoms with E-state index in [2.05, 4.69) is 15.7 Å². The molecule has 0 radical (unpaired) electrons. The van der Waals surface area contributed by atoms with Gasteiger partial charge in [0.15, 0.2) is 23.8 Å². The zero-order valence-corrected chi connectivity index (χ0v) is 24.0. The van der Waals surface area contributed by atoms with Crippen molar-refractivity contribution in [1.29, 1.82) is 0 Å². The number of nitrogens with one attached hydrogen (secondary N) is 2. The summed E-state index contributed by atoms with van der Waals surface area (Å²) >= 11 is 0. The Balaban J connectivity index is 1.41. The molecule has 2 aliphatic heterocycles. The average Bonchev–Trinajstić information content (AvgIpc) is 3.40. The Bertz CT molecular complexity index is 1470. The second-order valence-corrected chi connectivity index (χ2v) is 10.7. The van der Waals surface area contributed by atoms with Crippen molar-refractivity contribution < 1.29 is 45.3 Å². The molecule has 0 aliphatic carbocycles. The zero-order valence-electron chi connectivity index (χ0n) is 24.0. The van der Waals surface area contributed by atoms with Crippen molar-refractivity contribution >= 4 is 11.8 Å². The molecular weight excluding hydrogens is 596 g/mol. The first kappa shape index (κ1) is 31.4. The Kier molecular flexibility index (Phi) is 8.71. The van der Waals surface area contributed by atoms with Gasteiger partial charge in [-0.1, -0.05) is 30.3 Å². The lowest BCUT2D eigenvalue weighted by Crippen LogP contribution is -2.53. The highest BCUT2D eigenvalue weighted by atomic mass is 19.4. The standard InChI is InChI=1S/C29H31F6N5O4/c1-36-13-16-14-39(15-16)26(44-27(41)29(33,34)35)18-6-4-17(5-7-18)21-12-25-37-20(11-24(28(30,31)32)40(25)38-21)19-8-9-22(42-2)23(10-19)43-3/h4-10,12,16,20,24,26,36-37H,11,13-15H2,1-3H3. The van der Waals surface area contributed by atoms with E-state index in [4.69, 9.17) is 14.2 Å². The summed E-state index contributed by atoms with van der Waals surface area (Å²) < 4.78 is 98.1. The molecular formula is C29H31F6N5O4. The summed E-state index contributed by atoms with van der Waals surface area (Å²) in [4.78, 5) is 13.3. The van der Waals surface area contributed by atoms with Crippen LogP contribution in [0.2, 0.25) is 0 Å². The number of benzene rings is 2. The van der Waals surface area contributed by atoms with Crippen molar-refractivity contribution in [2.24, 2.45) is 5.92 Å². The van der Waals surface area contributed by atoms with E-state index >= 15 is 0 Å². The van der Waals surface area contributed by atoms with Gasteiger partial charge in [-0.25, -0.2) is 9.48 Å². The maximum Gasteiger partial charge on any atom is 0.490 e.